The Morgan fingerprint density at radius 3 is 0.500 bits per heavy atom. The van der Waals surface area contributed by atoms with E-state index in [1.807, 2.05) is 0 Å². The monoisotopic (exact) mass is 489 g/mol. The predicted molar refractivity (Wildman–Crippen MR) is 9.94 cm³/mol. The van der Waals surface area contributed by atoms with Crippen LogP contribution in [-0.2, 0) is 0 Å². The van der Waals surface area contributed by atoms with Gasteiger partial charge < -0.3 is 0 Å². The Labute approximate surface area is 123 Å². The molecule has 15 valence electrons. The molecule has 0 aliphatic heterocycles. The van der Waals surface area contributed by atoms with Gasteiger partial charge in [-0.15, -0.1) is 0 Å². The van der Waals surface area contributed by atoms with Gasteiger partial charge in [-0.2, -0.15) is 0 Å². The standard InChI is InChI=1S/Ga.3La.3H. The first-order chi connectivity index (χ1) is 0. The van der Waals surface area contributed by atoms with Gasteiger partial charge in [0, 0.05) is 107 Å². The molecule has 0 saturated carbocycles. The van der Waals surface area contributed by atoms with E-state index in [0.29, 0.717) is 0 Å². The van der Waals surface area contributed by atoms with Crippen molar-refractivity contribution in [3.8, 4) is 0 Å². The SMILES string of the molecule is [GaH3].[La].[La].[La]. The molecule has 0 nitrogen and oxygen atoms in total. The Morgan fingerprint density at radius 1 is 0.500 bits per heavy atom. The summed E-state index contributed by atoms with van der Waals surface area (Å²) in [6, 6.07) is 0. The van der Waals surface area contributed by atoms with Crippen molar-refractivity contribution in [2.75, 3.05) is 0 Å². The van der Waals surface area contributed by atoms with Gasteiger partial charge in [0.05, 0.1) is 0 Å². The Hall–Kier alpha value is 4.22. The second kappa shape index (κ2) is 15.7. The second-order valence-electron chi connectivity index (χ2n) is 0. The third-order valence-corrected chi connectivity index (χ3v) is 0. The number of hydrogen-bond acceptors (Lipinski definition) is 0. The van der Waals surface area contributed by atoms with Gasteiger partial charge in [0.25, 0.3) is 0 Å². The first-order valence-electron chi connectivity index (χ1n) is 0. The largest absolute Gasteiger partial charge is 0 e. The normalized spacial score (nSPS) is 0. The van der Waals surface area contributed by atoms with Gasteiger partial charge >= 0.3 is 19.8 Å². The van der Waals surface area contributed by atoms with Gasteiger partial charge in [0.1, 0.15) is 0 Å². The topological polar surface area (TPSA) is 0 Å². The van der Waals surface area contributed by atoms with Gasteiger partial charge in [-0.25, -0.2) is 0 Å². The summed E-state index contributed by atoms with van der Waals surface area (Å²) < 4.78 is 0. The van der Waals surface area contributed by atoms with Crippen molar-refractivity contribution in [2.45, 2.75) is 0 Å². The summed E-state index contributed by atoms with van der Waals surface area (Å²) in [7, 11) is 0. The fourth-order valence-corrected chi connectivity index (χ4v) is 0. The van der Waals surface area contributed by atoms with Crippen LogP contribution in [0.2, 0.25) is 0 Å². The van der Waals surface area contributed by atoms with E-state index in [1.54, 1.807) is 0 Å². The van der Waals surface area contributed by atoms with E-state index in [2.05, 4.69) is 0 Å². The quantitative estimate of drug-likeness (QED) is 0.376. The minimum Gasteiger partial charge on any atom is 0 e. The van der Waals surface area contributed by atoms with Crippen molar-refractivity contribution in [1.82, 2.24) is 0 Å². The molecule has 0 bridgehead atoms. The number of rotatable bonds is 0. The van der Waals surface area contributed by atoms with Crippen LogP contribution in [0.1, 0.15) is 0 Å². The van der Waals surface area contributed by atoms with E-state index >= 15 is 0 Å². The fourth-order valence-electron chi connectivity index (χ4n) is 0. The van der Waals surface area contributed by atoms with Crippen LogP contribution in [0.15, 0.2) is 0 Å². The van der Waals surface area contributed by atoms with Crippen molar-refractivity contribution in [2.24, 2.45) is 0 Å². The summed E-state index contributed by atoms with van der Waals surface area (Å²) in [4.78, 5) is 0. The average molecular weight is 489 g/mol. The minimum atomic E-state index is 0. The smallest absolute Gasteiger partial charge is 0 e. The third kappa shape index (κ3) is 9.52. The van der Waals surface area contributed by atoms with E-state index in [4.69, 9.17) is 0 Å². The summed E-state index contributed by atoms with van der Waals surface area (Å²) in [5, 5.41) is 0. The van der Waals surface area contributed by atoms with E-state index in [0.717, 1.165) is 0 Å². The Balaban J connectivity index is 0. The van der Waals surface area contributed by atoms with Crippen molar-refractivity contribution in [3.05, 3.63) is 0 Å². The fraction of sp³-hybridized carbons (Fsp3) is 0. The molecule has 0 saturated heterocycles. The molecule has 0 spiro atoms. The zero-order valence-corrected chi connectivity index (χ0v) is 12.6. The molecule has 0 amide bonds. The average Bonchev–Trinajstić information content (AvgIpc) is 0. The van der Waals surface area contributed by atoms with Crippen molar-refractivity contribution < 1.29 is 107 Å². The first kappa shape index (κ1) is 24.1. The van der Waals surface area contributed by atoms with Gasteiger partial charge in [-0.1, -0.05) is 0 Å². The molecule has 0 heterocycles. The zero-order valence-electron chi connectivity index (χ0n) is 1.73. The molecule has 0 fully saturated rings. The summed E-state index contributed by atoms with van der Waals surface area (Å²) in [5.74, 6) is 0. The van der Waals surface area contributed by atoms with Gasteiger partial charge in [0.15, 0.2) is 0 Å². The molecule has 4 heteroatoms. The van der Waals surface area contributed by atoms with Gasteiger partial charge in [-0.05, 0) is 0 Å². The molecule has 0 rings (SSSR count). The minimum absolute atomic E-state index is 0. The van der Waals surface area contributed by atoms with Crippen LogP contribution in [0.25, 0.3) is 0 Å². The Bertz CT molecular complexity index is 3.25. The van der Waals surface area contributed by atoms with Crippen molar-refractivity contribution >= 4 is 19.8 Å². The van der Waals surface area contributed by atoms with Gasteiger partial charge in [0.2, 0.25) is 0 Å². The third-order valence-electron chi connectivity index (χ3n) is 0. The molecule has 0 aromatic carbocycles. The van der Waals surface area contributed by atoms with Crippen molar-refractivity contribution in [3.63, 3.8) is 0 Å². The zero-order chi connectivity index (χ0) is 0. The molecular weight excluding hydrogens is 486 g/mol. The molecule has 0 aromatic heterocycles. The van der Waals surface area contributed by atoms with Crippen LogP contribution in [0.3, 0.4) is 0 Å². The maximum atomic E-state index is 0. The van der Waals surface area contributed by atoms with Gasteiger partial charge in [-0.3, -0.25) is 0 Å². The van der Waals surface area contributed by atoms with Crippen molar-refractivity contribution in [1.29, 1.82) is 0 Å². The molecule has 0 aliphatic rings. The summed E-state index contributed by atoms with van der Waals surface area (Å²) in [6.07, 6.45) is 0. The van der Waals surface area contributed by atoms with Crippen LogP contribution in [-0.4, -0.2) is 19.8 Å². The van der Waals surface area contributed by atoms with Crippen LogP contribution in [0, 0.1) is 107 Å². The maximum Gasteiger partial charge on any atom is 0 e. The number of hydrogen-bond donors (Lipinski definition) is 0. The molecule has 0 N–H and O–H groups in total. The van der Waals surface area contributed by atoms with E-state index in [-0.39, 0.29) is 127 Å². The summed E-state index contributed by atoms with van der Waals surface area (Å²) in [6.45, 7) is 0. The van der Waals surface area contributed by atoms with Crippen LogP contribution in [0.4, 0.5) is 0 Å². The molecule has 0 aliphatic carbocycles. The molecule has 4 heavy (non-hydrogen) atoms. The molecule has 0 atom stereocenters. The molecule has 0 aromatic rings. The molecule has 0 unspecified atom stereocenters. The van der Waals surface area contributed by atoms with E-state index < -0.39 is 0 Å². The maximum absolute atomic E-state index is 0. The summed E-state index contributed by atoms with van der Waals surface area (Å²) in [5.41, 5.74) is 0. The predicted octanol–water partition coefficient (Wildman–Crippen LogP) is -1.18. The molecule has 3 radical (unpaired) electrons. The first-order valence-corrected chi connectivity index (χ1v) is 0. The van der Waals surface area contributed by atoms with E-state index in [9.17, 15) is 0 Å². The van der Waals surface area contributed by atoms with Crippen LogP contribution < -0.4 is 0 Å². The Morgan fingerprint density at radius 2 is 0.500 bits per heavy atom. The summed E-state index contributed by atoms with van der Waals surface area (Å²) >= 11 is 0. The van der Waals surface area contributed by atoms with E-state index in [1.165, 1.54) is 0 Å². The van der Waals surface area contributed by atoms with Crippen LogP contribution >= 0.6 is 0 Å². The Kier molecular flexibility index (Phi) is 94.3. The molecular formula is H3GaLa3. The second-order valence-corrected chi connectivity index (χ2v) is 0. The van der Waals surface area contributed by atoms with Crippen LogP contribution in [0.5, 0.6) is 0 Å².